The van der Waals surface area contributed by atoms with Gasteiger partial charge in [-0.2, -0.15) is 4.31 Å². The van der Waals surface area contributed by atoms with E-state index < -0.39 is 10.0 Å². The van der Waals surface area contributed by atoms with Crippen molar-refractivity contribution in [2.75, 3.05) is 26.2 Å². The molecule has 0 bridgehead atoms. The lowest BCUT2D eigenvalue weighted by Gasteiger charge is -2.34. The molecule has 1 aliphatic rings. The molecule has 1 aromatic heterocycles. The second-order valence-electron chi connectivity index (χ2n) is 7.94. The number of nitrogens with zero attached hydrogens (tertiary/aromatic N) is 2. The first kappa shape index (κ1) is 21.6. The number of pyridine rings is 1. The van der Waals surface area contributed by atoms with Crippen LogP contribution >= 0.6 is 11.6 Å². The van der Waals surface area contributed by atoms with Gasteiger partial charge < -0.3 is 9.88 Å². The van der Waals surface area contributed by atoms with Crippen molar-refractivity contribution in [3.63, 3.8) is 0 Å². The predicted molar refractivity (Wildman–Crippen MR) is 128 cm³/mol. The van der Waals surface area contributed by atoms with Crippen molar-refractivity contribution in [3.8, 4) is 0 Å². The van der Waals surface area contributed by atoms with Crippen LogP contribution in [-0.4, -0.2) is 54.7 Å². The van der Waals surface area contributed by atoms with E-state index in [0.717, 1.165) is 10.8 Å². The Morgan fingerprint density at radius 1 is 0.879 bits per heavy atom. The number of nitrogens with one attached hydrogen (secondary N) is 1. The number of piperazine rings is 1. The van der Waals surface area contributed by atoms with E-state index in [1.807, 2.05) is 0 Å². The molecule has 1 aliphatic heterocycles. The van der Waals surface area contributed by atoms with E-state index in [0.29, 0.717) is 15.9 Å². The summed E-state index contributed by atoms with van der Waals surface area (Å²) in [6.45, 7) is 0.807. The number of para-hydroxylation sites is 1. The van der Waals surface area contributed by atoms with Crippen LogP contribution in [0, 0.1) is 0 Å². The van der Waals surface area contributed by atoms with Gasteiger partial charge in [0.05, 0.1) is 4.90 Å². The molecule has 0 aliphatic carbocycles. The maximum Gasteiger partial charge on any atom is 0.270 e. The predicted octanol–water partition coefficient (Wildman–Crippen LogP) is 3.48. The van der Waals surface area contributed by atoms with Crippen LogP contribution in [0.3, 0.4) is 0 Å². The summed E-state index contributed by atoms with van der Waals surface area (Å²) in [5.41, 5.74) is 0.557. The quantitative estimate of drug-likeness (QED) is 0.485. The molecule has 0 unspecified atom stereocenters. The van der Waals surface area contributed by atoms with Crippen LogP contribution < -0.4 is 5.43 Å². The van der Waals surface area contributed by atoms with Crippen LogP contribution in [0.4, 0.5) is 0 Å². The van der Waals surface area contributed by atoms with Crippen molar-refractivity contribution >= 4 is 49.2 Å². The highest BCUT2D eigenvalue weighted by Crippen LogP contribution is 2.25. The number of H-pyrrole nitrogens is 1. The van der Waals surface area contributed by atoms with Gasteiger partial charge in [0.1, 0.15) is 5.69 Å². The Morgan fingerprint density at radius 3 is 2.36 bits per heavy atom. The summed E-state index contributed by atoms with van der Waals surface area (Å²) in [6, 6.07) is 18.6. The van der Waals surface area contributed by atoms with Crippen molar-refractivity contribution < 1.29 is 13.2 Å². The van der Waals surface area contributed by atoms with Crippen LogP contribution in [0.15, 0.2) is 76.4 Å². The number of carbonyl (C=O) groups is 1. The number of rotatable bonds is 3. The number of hydrogen-bond donors (Lipinski definition) is 1. The molecule has 0 spiro atoms. The highest BCUT2D eigenvalue weighted by atomic mass is 35.5. The summed E-state index contributed by atoms with van der Waals surface area (Å²) in [5.74, 6) is -0.322. The molecule has 0 atom stereocenters. The highest BCUT2D eigenvalue weighted by Gasteiger charge is 2.31. The SMILES string of the molecule is O=C(c1cc(=O)c2ccccc2[nH]1)N1CCN(S(=O)(=O)c2ccc3cc(Cl)ccc3c2)CC1. The minimum Gasteiger partial charge on any atom is -0.350 e. The molecule has 0 radical (unpaired) electrons. The Hall–Kier alpha value is -3.20. The summed E-state index contributed by atoms with van der Waals surface area (Å²) in [7, 11) is -3.71. The maximum atomic E-state index is 13.2. The molecule has 9 heteroatoms. The van der Waals surface area contributed by atoms with E-state index >= 15 is 0 Å². The lowest BCUT2D eigenvalue weighted by atomic mass is 10.1. The third-order valence-electron chi connectivity index (χ3n) is 5.91. The molecule has 33 heavy (non-hydrogen) atoms. The Morgan fingerprint density at radius 2 is 1.58 bits per heavy atom. The first-order chi connectivity index (χ1) is 15.8. The van der Waals surface area contributed by atoms with Crippen LogP contribution in [-0.2, 0) is 10.0 Å². The van der Waals surface area contributed by atoms with Gasteiger partial charge in [0.25, 0.3) is 5.91 Å². The van der Waals surface area contributed by atoms with Gasteiger partial charge in [0, 0.05) is 48.2 Å². The lowest BCUT2D eigenvalue weighted by Crippen LogP contribution is -2.50. The van der Waals surface area contributed by atoms with Crippen LogP contribution in [0.25, 0.3) is 21.7 Å². The molecular formula is C24H20ClN3O4S. The fourth-order valence-corrected chi connectivity index (χ4v) is 5.76. The molecule has 1 amide bonds. The van der Waals surface area contributed by atoms with Gasteiger partial charge in [-0.25, -0.2) is 8.42 Å². The number of carbonyl (C=O) groups excluding carboxylic acids is 1. The topological polar surface area (TPSA) is 90.6 Å². The highest BCUT2D eigenvalue weighted by molar-refractivity contribution is 7.89. The largest absolute Gasteiger partial charge is 0.350 e. The maximum absolute atomic E-state index is 13.2. The average molecular weight is 482 g/mol. The number of amides is 1. The summed E-state index contributed by atoms with van der Waals surface area (Å²) in [5, 5.41) is 2.75. The number of aromatic nitrogens is 1. The zero-order chi connectivity index (χ0) is 23.2. The minimum absolute atomic E-state index is 0.171. The van der Waals surface area contributed by atoms with Gasteiger partial charge in [-0.15, -0.1) is 0 Å². The number of fused-ring (bicyclic) bond motifs is 2. The monoisotopic (exact) mass is 481 g/mol. The van der Waals surface area contributed by atoms with Crippen molar-refractivity contribution in [2.24, 2.45) is 0 Å². The third-order valence-corrected chi connectivity index (χ3v) is 8.03. The van der Waals surface area contributed by atoms with Crippen LogP contribution in [0.2, 0.25) is 5.02 Å². The molecular weight excluding hydrogens is 462 g/mol. The Balaban J connectivity index is 1.34. The second kappa shape index (κ2) is 8.30. The van der Waals surface area contributed by atoms with Gasteiger partial charge >= 0.3 is 0 Å². The van der Waals surface area contributed by atoms with Crippen LogP contribution in [0.5, 0.6) is 0 Å². The van der Waals surface area contributed by atoms with Gasteiger partial charge in [0.2, 0.25) is 10.0 Å². The molecule has 7 nitrogen and oxygen atoms in total. The lowest BCUT2D eigenvalue weighted by molar-refractivity contribution is 0.0692. The molecule has 1 saturated heterocycles. The van der Waals surface area contributed by atoms with E-state index in [9.17, 15) is 18.0 Å². The van der Waals surface area contributed by atoms with Crippen molar-refractivity contribution in [2.45, 2.75) is 4.90 Å². The smallest absolute Gasteiger partial charge is 0.270 e. The fraction of sp³-hybridized carbons (Fsp3) is 0.167. The molecule has 4 aromatic rings. The molecule has 2 heterocycles. The zero-order valence-corrected chi connectivity index (χ0v) is 19.1. The van der Waals surface area contributed by atoms with Crippen molar-refractivity contribution in [1.29, 1.82) is 0 Å². The number of halogens is 1. The van der Waals surface area contributed by atoms with Gasteiger partial charge in [-0.3, -0.25) is 9.59 Å². The van der Waals surface area contributed by atoms with E-state index in [-0.39, 0.29) is 48.1 Å². The first-order valence-electron chi connectivity index (χ1n) is 10.4. The van der Waals surface area contributed by atoms with E-state index in [1.165, 1.54) is 10.4 Å². The molecule has 1 N–H and O–H groups in total. The summed E-state index contributed by atoms with van der Waals surface area (Å²) in [4.78, 5) is 30.1. The molecule has 0 saturated carbocycles. The summed E-state index contributed by atoms with van der Waals surface area (Å²) >= 11 is 6.01. The van der Waals surface area contributed by atoms with Crippen LogP contribution in [0.1, 0.15) is 10.5 Å². The molecule has 168 valence electrons. The average Bonchev–Trinajstić information content (AvgIpc) is 2.83. The van der Waals surface area contributed by atoms with Gasteiger partial charge in [-0.05, 0) is 47.2 Å². The van der Waals surface area contributed by atoms with E-state index in [2.05, 4.69) is 4.98 Å². The zero-order valence-electron chi connectivity index (χ0n) is 17.5. The normalized spacial score (nSPS) is 15.2. The standard InChI is InChI=1S/C24H20ClN3O4S/c25-18-7-5-17-14-19(8-6-16(17)13-18)33(31,32)28-11-9-27(10-12-28)24(30)22-15-23(29)20-3-1-2-4-21(20)26-22/h1-8,13-15H,9-12H2,(H,26,29). The Labute approximate surface area is 195 Å². The van der Waals surface area contributed by atoms with Crippen molar-refractivity contribution in [3.05, 3.63) is 87.7 Å². The second-order valence-corrected chi connectivity index (χ2v) is 10.3. The first-order valence-corrected chi connectivity index (χ1v) is 12.3. The number of benzene rings is 3. The number of sulfonamides is 1. The fourth-order valence-electron chi connectivity index (χ4n) is 4.12. The molecule has 3 aromatic carbocycles. The summed E-state index contributed by atoms with van der Waals surface area (Å²) in [6.07, 6.45) is 0. The number of aromatic amines is 1. The van der Waals surface area contributed by atoms with Gasteiger partial charge in [-0.1, -0.05) is 35.9 Å². The summed E-state index contributed by atoms with van der Waals surface area (Å²) < 4.78 is 27.8. The Bertz CT molecular complexity index is 1560. The third kappa shape index (κ3) is 4.01. The minimum atomic E-state index is -3.71. The van der Waals surface area contributed by atoms with E-state index in [1.54, 1.807) is 65.6 Å². The number of hydrogen-bond acceptors (Lipinski definition) is 4. The molecule has 1 fully saturated rings. The molecule has 5 rings (SSSR count). The van der Waals surface area contributed by atoms with E-state index in [4.69, 9.17) is 11.6 Å². The van der Waals surface area contributed by atoms with Crippen molar-refractivity contribution in [1.82, 2.24) is 14.2 Å². The van der Waals surface area contributed by atoms with Gasteiger partial charge in [0.15, 0.2) is 5.43 Å². The Kier molecular flexibility index (Phi) is 5.44.